The van der Waals surface area contributed by atoms with Gasteiger partial charge in [0.2, 0.25) is 0 Å². The zero-order chi connectivity index (χ0) is 14.9. The van der Waals surface area contributed by atoms with E-state index in [9.17, 15) is 0 Å². The van der Waals surface area contributed by atoms with Crippen LogP contribution >= 0.6 is 11.6 Å². The van der Waals surface area contributed by atoms with Crippen molar-refractivity contribution < 1.29 is 4.74 Å². The largest absolute Gasteiger partial charge is 0.381 e. The number of unbranched alkanes of at least 4 members (excludes halogenated alkanes) is 1. The van der Waals surface area contributed by atoms with E-state index < -0.39 is 0 Å². The first-order chi connectivity index (χ1) is 10.3. The van der Waals surface area contributed by atoms with Crippen LogP contribution in [0, 0.1) is 5.92 Å². The Morgan fingerprint density at radius 3 is 2.81 bits per heavy atom. The van der Waals surface area contributed by atoms with E-state index in [0.717, 1.165) is 50.1 Å². The summed E-state index contributed by atoms with van der Waals surface area (Å²) in [6.45, 7) is 5.03. The molecule has 1 fully saturated rings. The highest BCUT2D eigenvalue weighted by molar-refractivity contribution is 6.31. The molecule has 0 saturated heterocycles. The van der Waals surface area contributed by atoms with E-state index in [1.807, 2.05) is 12.1 Å². The average Bonchev–Trinajstić information content (AvgIpc) is 3.30. The molecular formula is C18H28ClNO. The molecule has 0 aromatic heterocycles. The van der Waals surface area contributed by atoms with Gasteiger partial charge in [0, 0.05) is 24.3 Å². The predicted octanol–water partition coefficient (Wildman–Crippen LogP) is 4.46. The molecule has 0 aliphatic heterocycles. The summed E-state index contributed by atoms with van der Waals surface area (Å²) >= 11 is 6.29. The van der Waals surface area contributed by atoms with Crippen LogP contribution in [0.1, 0.15) is 44.6 Å². The summed E-state index contributed by atoms with van der Waals surface area (Å²) in [5, 5.41) is 4.54. The van der Waals surface area contributed by atoms with Crippen molar-refractivity contribution in [2.45, 2.75) is 51.5 Å². The van der Waals surface area contributed by atoms with Crippen LogP contribution in [0.2, 0.25) is 5.02 Å². The summed E-state index contributed by atoms with van der Waals surface area (Å²) in [7, 11) is 0. The molecule has 1 atom stereocenters. The van der Waals surface area contributed by atoms with Crippen molar-refractivity contribution in [3.63, 3.8) is 0 Å². The molecule has 21 heavy (non-hydrogen) atoms. The molecule has 1 aromatic carbocycles. The van der Waals surface area contributed by atoms with E-state index in [1.165, 1.54) is 24.8 Å². The lowest BCUT2D eigenvalue weighted by atomic mass is 9.96. The average molecular weight is 310 g/mol. The summed E-state index contributed by atoms with van der Waals surface area (Å²) in [5.74, 6) is 0.604. The topological polar surface area (TPSA) is 21.3 Å². The Bertz CT molecular complexity index is 406. The van der Waals surface area contributed by atoms with Gasteiger partial charge in [-0.05, 0) is 56.2 Å². The van der Waals surface area contributed by atoms with E-state index in [2.05, 4.69) is 24.4 Å². The second kappa shape index (κ2) is 9.45. The summed E-state index contributed by atoms with van der Waals surface area (Å²) in [6.07, 6.45) is 7.19. The zero-order valence-electron chi connectivity index (χ0n) is 13.1. The highest BCUT2D eigenvalue weighted by atomic mass is 35.5. The van der Waals surface area contributed by atoms with Gasteiger partial charge in [0.1, 0.15) is 0 Å². The minimum atomic E-state index is 0.604. The maximum absolute atomic E-state index is 6.29. The van der Waals surface area contributed by atoms with Crippen LogP contribution in [-0.4, -0.2) is 25.8 Å². The van der Waals surface area contributed by atoms with Crippen LogP contribution in [0.15, 0.2) is 24.3 Å². The molecular weight excluding hydrogens is 282 g/mol. The molecule has 2 rings (SSSR count). The minimum absolute atomic E-state index is 0.604. The van der Waals surface area contributed by atoms with Crippen molar-refractivity contribution in [3.05, 3.63) is 34.9 Å². The van der Waals surface area contributed by atoms with Gasteiger partial charge in [0.15, 0.2) is 0 Å². The highest BCUT2D eigenvalue weighted by Crippen LogP contribution is 2.23. The summed E-state index contributed by atoms with van der Waals surface area (Å²) in [6, 6.07) is 8.96. The first-order valence-electron chi connectivity index (χ1n) is 8.34. The maximum atomic E-state index is 6.29. The maximum Gasteiger partial charge on any atom is 0.0469 e. The number of nitrogens with one attached hydrogen (secondary N) is 1. The number of ether oxygens (including phenoxy) is 1. The first-order valence-corrected chi connectivity index (χ1v) is 8.72. The monoisotopic (exact) mass is 309 g/mol. The quantitative estimate of drug-likeness (QED) is 0.609. The fraction of sp³-hybridized carbons (Fsp3) is 0.667. The van der Waals surface area contributed by atoms with Crippen molar-refractivity contribution in [1.82, 2.24) is 5.32 Å². The number of rotatable bonds is 11. The summed E-state index contributed by atoms with van der Waals surface area (Å²) < 4.78 is 5.73. The van der Waals surface area contributed by atoms with Crippen LogP contribution in [0.3, 0.4) is 0 Å². The van der Waals surface area contributed by atoms with Gasteiger partial charge in [0.25, 0.3) is 0 Å². The molecule has 3 heteroatoms. The number of hydrogen-bond donors (Lipinski definition) is 1. The van der Waals surface area contributed by atoms with Gasteiger partial charge >= 0.3 is 0 Å². The Kier molecular flexibility index (Phi) is 7.56. The molecule has 2 nitrogen and oxygen atoms in total. The van der Waals surface area contributed by atoms with Gasteiger partial charge in [-0.15, -0.1) is 0 Å². The lowest BCUT2D eigenvalue weighted by molar-refractivity contribution is 0.117. The molecule has 1 unspecified atom stereocenters. The van der Waals surface area contributed by atoms with E-state index in [0.29, 0.717) is 5.92 Å². The van der Waals surface area contributed by atoms with Crippen LogP contribution in [0.25, 0.3) is 0 Å². The van der Waals surface area contributed by atoms with Crippen LogP contribution in [-0.2, 0) is 11.2 Å². The Hall–Kier alpha value is -0.570. The van der Waals surface area contributed by atoms with Gasteiger partial charge in [-0.2, -0.15) is 0 Å². The third-order valence-electron chi connectivity index (χ3n) is 4.05. The third-order valence-corrected chi connectivity index (χ3v) is 4.42. The molecule has 1 aliphatic carbocycles. The smallest absolute Gasteiger partial charge is 0.0469 e. The molecule has 0 radical (unpaired) electrons. The van der Waals surface area contributed by atoms with Crippen LogP contribution < -0.4 is 5.32 Å². The molecule has 0 bridgehead atoms. The Balaban J connectivity index is 1.77. The molecule has 1 saturated carbocycles. The molecule has 1 aromatic rings. The Morgan fingerprint density at radius 1 is 1.29 bits per heavy atom. The van der Waals surface area contributed by atoms with Gasteiger partial charge in [-0.1, -0.05) is 43.1 Å². The van der Waals surface area contributed by atoms with Gasteiger partial charge < -0.3 is 10.1 Å². The number of hydrogen-bond acceptors (Lipinski definition) is 2. The second-order valence-electron chi connectivity index (χ2n) is 6.10. The Labute approximate surface area is 134 Å². The lowest BCUT2D eigenvalue weighted by Gasteiger charge is -2.18. The van der Waals surface area contributed by atoms with E-state index in [-0.39, 0.29) is 0 Å². The third kappa shape index (κ3) is 6.82. The highest BCUT2D eigenvalue weighted by Gasteiger charge is 2.22. The zero-order valence-corrected chi connectivity index (χ0v) is 13.9. The van der Waals surface area contributed by atoms with Gasteiger partial charge in [-0.3, -0.25) is 0 Å². The van der Waals surface area contributed by atoms with Gasteiger partial charge in [0.05, 0.1) is 0 Å². The standard InChI is InChI=1S/C18H28ClNO/c1-2-3-11-21-12-10-15(14-20-17-8-9-17)13-16-6-4-5-7-18(16)19/h4-7,15,17,20H,2-3,8-14H2,1H3. The van der Waals surface area contributed by atoms with Crippen molar-refractivity contribution >= 4 is 11.6 Å². The van der Waals surface area contributed by atoms with E-state index in [4.69, 9.17) is 16.3 Å². The second-order valence-corrected chi connectivity index (χ2v) is 6.51. The molecule has 0 heterocycles. The summed E-state index contributed by atoms with van der Waals surface area (Å²) in [4.78, 5) is 0. The van der Waals surface area contributed by atoms with Crippen LogP contribution in [0.5, 0.6) is 0 Å². The molecule has 1 aliphatic rings. The normalized spacial score (nSPS) is 16.1. The fourth-order valence-electron chi connectivity index (χ4n) is 2.47. The van der Waals surface area contributed by atoms with Crippen molar-refractivity contribution in [2.24, 2.45) is 5.92 Å². The molecule has 118 valence electrons. The van der Waals surface area contributed by atoms with Crippen molar-refractivity contribution in [2.75, 3.05) is 19.8 Å². The molecule has 0 amide bonds. The number of halogens is 1. The Morgan fingerprint density at radius 2 is 2.10 bits per heavy atom. The predicted molar refractivity (Wildman–Crippen MR) is 90.0 cm³/mol. The van der Waals surface area contributed by atoms with Crippen LogP contribution in [0.4, 0.5) is 0 Å². The molecule has 1 N–H and O–H groups in total. The first kappa shape index (κ1) is 16.8. The number of benzene rings is 1. The SMILES string of the molecule is CCCCOCCC(CNC1CC1)Cc1ccccc1Cl. The lowest BCUT2D eigenvalue weighted by Crippen LogP contribution is -2.27. The summed E-state index contributed by atoms with van der Waals surface area (Å²) in [5.41, 5.74) is 1.26. The molecule has 0 spiro atoms. The van der Waals surface area contributed by atoms with E-state index in [1.54, 1.807) is 0 Å². The van der Waals surface area contributed by atoms with Crippen molar-refractivity contribution in [3.8, 4) is 0 Å². The fourth-order valence-corrected chi connectivity index (χ4v) is 2.68. The van der Waals surface area contributed by atoms with Crippen molar-refractivity contribution in [1.29, 1.82) is 0 Å². The van der Waals surface area contributed by atoms with Gasteiger partial charge in [-0.25, -0.2) is 0 Å². The minimum Gasteiger partial charge on any atom is -0.381 e. The van der Waals surface area contributed by atoms with E-state index >= 15 is 0 Å².